The Kier molecular flexibility index (Phi) is 4.12. The van der Waals surface area contributed by atoms with E-state index in [0.717, 1.165) is 18.4 Å². The standard InChI is InChI=1S/C14H15ClN2O2/c1-2-3-9-4-6-12(11(18)8-9)19-14-10(16)5-7-13(15)17-14/h4-8,18H,2-3,16H2,1H3. The number of aromatic hydroxyl groups is 1. The Labute approximate surface area is 116 Å². The molecule has 19 heavy (non-hydrogen) atoms. The van der Waals surface area contributed by atoms with Crippen molar-refractivity contribution in [1.29, 1.82) is 0 Å². The fraction of sp³-hybridized carbons (Fsp3) is 0.214. The number of aryl methyl sites for hydroxylation is 1. The Morgan fingerprint density at radius 2 is 2.11 bits per heavy atom. The number of nitrogens with two attached hydrogens (primary N) is 1. The van der Waals surface area contributed by atoms with E-state index in [0.29, 0.717) is 11.4 Å². The fourth-order valence-electron chi connectivity index (χ4n) is 1.71. The van der Waals surface area contributed by atoms with Gasteiger partial charge < -0.3 is 15.6 Å². The highest BCUT2D eigenvalue weighted by molar-refractivity contribution is 6.29. The highest BCUT2D eigenvalue weighted by Crippen LogP contribution is 2.33. The lowest BCUT2D eigenvalue weighted by atomic mass is 10.1. The summed E-state index contributed by atoms with van der Waals surface area (Å²) >= 11 is 5.78. The van der Waals surface area contributed by atoms with Gasteiger partial charge in [0.25, 0.3) is 0 Å². The minimum absolute atomic E-state index is 0.0622. The molecule has 4 nitrogen and oxygen atoms in total. The highest BCUT2D eigenvalue weighted by atomic mass is 35.5. The average Bonchev–Trinajstić information content (AvgIpc) is 2.37. The van der Waals surface area contributed by atoms with Crippen LogP contribution in [0.4, 0.5) is 5.69 Å². The van der Waals surface area contributed by atoms with E-state index in [1.54, 1.807) is 24.3 Å². The van der Waals surface area contributed by atoms with E-state index in [-0.39, 0.29) is 16.8 Å². The molecule has 0 aliphatic heterocycles. The van der Waals surface area contributed by atoms with E-state index in [4.69, 9.17) is 22.1 Å². The number of nitrogen functional groups attached to an aromatic ring is 1. The molecule has 0 atom stereocenters. The summed E-state index contributed by atoms with van der Waals surface area (Å²) in [6.07, 6.45) is 1.92. The van der Waals surface area contributed by atoms with Gasteiger partial charge in [0.05, 0.1) is 5.69 Å². The van der Waals surface area contributed by atoms with Gasteiger partial charge in [0.15, 0.2) is 11.5 Å². The summed E-state index contributed by atoms with van der Waals surface area (Å²) in [5.41, 5.74) is 7.15. The zero-order valence-corrected chi connectivity index (χ0v) is 11.3. The van der Waals surface area contributed by atoms with Crippen LogP contribution in [0.2, 0.25) is 5.15 Å². The van der Waals surface area contributed by atoms with Crippen molar-refractivity contribution in [2.75, 3.05) is 5.73 Å². The van der Waals surface area contributed by atoms with E-state index in [1.165, 1.54) is 0 Å². The first-order valence-corrected chi connectivity index (χ1v) is 6.39. The molecule has 0 radical (unpaired) electrons. The number of hydrogen-bond donors (Lipinski definition) is 2. The van der Waals surface area contributed by atoms with Crippen molar-refractivity contribution >= 4 is 17.3 Å². The number of phenolic OH excluding ortho intramolecular Hbond substituents is 1. The highest BCUT2D eigenvalue weighted by Gasteiger charge is 2.09. The Hall–Kier alpha value is -1.94. The van der Waals surface area contributed by atoms with Crippen molar-refractivity contribution in [2.45, 2.75) is 19.8 Å². The van der Waals surface area contributed by atoms with Gasteiger partial charge in [-0.1, -0.05) is 31.0 Å². The second-order valence-electron chi connectivity index (χ2n) is 4.18. The van der Waals surface area contributed by atoms with Crippen LogP contribution in [0.3, 0.4) is 0 Å². The summed E-state index contributed by atoms with van der Waals surface area (Å²) in [5.74, 6) is 0.555. The predicted molar refractivity (Wildman–Crippen MR) is 75.8 cm³/mol. The SMILES string of the molecule is CCCc1ccc(Oc2nc(Cl)ccc2N)c(O)c1. The molecule has 1 heterocycles. The summed E-state index contributed by atoms with van der Waals surface area (Å²) in [5, 5.41) is 10.2. The number of rotatable bonds is 4. The molecule has 0 aliphatic rings. The van der Waals surface area contributed by atoms with Gasteiger partial charge in [-0.15, -0.1) is 0 Å². The third-order valence-electron chi connectivity index (χ3n) is 2.62. The number of benzene rings is 1. The molecule has 0 aliphatic carbocycles. The quantitative estimate of drug-likeness (QED) is 0.836. The summed E-state index contributed by atoms with van der Waals surface area (Å²) < 4.78 is 5.48. The van der Waals surface area contributed by atoms with E-state index in [2.05, 4.69) is 11.9 Å². The maximum atomic E-state index is 9.91. The molecule has 0 amide bonds. The normalized spacial score (nSPS) is 10.4. The predicted octanol–water partition coefficient (Wildman–Crippen LogP) is 3.77. The fourth-order valence-corrected chi connectivity index (χ4v) is 1.85. The van der Waals surface area contributed by atoms with Crippen molar-refractivity contribution in [2.24, 2.45) is 0 Å². The Morgan fingerprint density at radius 1 is 1.32 bits per heavy atom. The largest absolute Gasteiger partial charge is 0.504 e. The molecule has 1 aromatic heterocycles. The molecule has 1 aromatic carbocycles. The van der Waals surface area contributed by atoms with Crippen LogP contribution in [0.15, 0.2) is 30.3 Å². The topological polar surface area (TPSA) is 68.4 Å². The number of pyridine rings is 1. The van der Waals surface area contributed by atoms with Crippen molar-refractivity contribution in [1.82, 2.24) is 4.98 Å². The molecular formula is C14H15ClN2O2. The number of hydrogen-bond acceptors (Lipinski definition) is 4. The van der Waals surface area contributed by atoms with Crippen molar-refractivity contribution in [3.63, 3.8) is 0 Å². The molecule has 5 heteroatoms. The lowest BCUT2D eigenvalue weighted by Crippen LogP contribution is -1.95. The first-order chi connectivity index (χ1) is 9.10. The molecule has 3 N–H and O–H groups in total. The number of anilines is 1. The second-order valence-corrected chi connectivity index (χ2v) is 4.57. The molecule has 2 aromatic rings. The maximum Gasteiger partial charge on any atom is 0.244 e. The number of aromatic nitrogens is 1. The number of phenols is 1. The molecule has 0 saturated heterocycles. The molecule has 0 saturated carbocycles. The zero-order valence-electron chi connectivity index (χ0n) is 10.6. The second kappa shape index (κ2) is 5.80. The molecule has 0 fully saturated rings. The molecule has 100 valence electrons. The average molecular weight is 279 g/mol. The van der Waals surface area contributed by atoms with Crippen LogP contribution < -0.4 is 10.5 Å². The summed E-state index contributed by atoms with van der Waals surface area (Å²) in [4.78, 5) is 3.97. The lowest BCUT2D eigenvalue weighted by Gasteiger charge is -2.10. The van der Waals surface area contributed by atoms with E-state index < -0.39 is 0 Å². The van der Waals surface area contributed by atoms with E-state index in [1.807, 2.05) is 6.07 Å². The van der Waals surface area contributed by atoms with E-state index >= 15 is 0 Å². The first kappa shape index (κ1) is 13.5. The third-order valence-corrected chi connectivity index (χ3v) is 2.83. The molecule has 0 bridgehead atoms. The van der Waals surface area contributed by atoms with Crippen LogP contribution in [0.1, 0.15) is 18.9 Å². The third kappa shape index (κ3) is 3.29. The minimum atomic E-state index is 0.0622. The van der Waals surface area contributed by atoms with Gasteiger partial charge >= 0.3 is 0 Å². The summed E-state index contributed by atoms with van der Waals surface area (Å²) in [7, 11) is 0. The van der Waals surface area contributed by atoms with Crippen molar-refractivity contribution in [3.05, 3.63) is 41.0 Å². The number of nitrogens with zero attached hydrogens (tertiary/aromatic N) is 1. The van der Waals surface area contributed by atoms with Gasteiger partial charge in [-0.25, -0.2) is 0 Å². The van der Waals surface area contributed by atoms with Gasteiger partial charge in [0.2, 0.25) is 5.88 Å². The van der Waals surface area contributed by atoms with Gasteiger partial charge in [-0.05, 0) is 36.2 Å². The monoisotopic (exact) mass is 278 g/mol. The molecule has 2 rings (SSSR count). The van der Waals surface area contributed by atoms with Gasteiger partial charge in [-0.2, -0.15) is 4.98 Å². The van der Waals surface area contributed by atoms with Crippen LogP contribution >= 0.6 is 11.6 Å². The van der Waals surface area contributed by atoms with Crippen LogP contribution in [0.25, 0.3) is 0 Å². The van der Waals surface area contributed by atoms with Crippen LogP contribution in [0, 0.1) is 0 Å². The van der Waals surface area contributed by atoms with Crippen LogP contribution in [-0.2, 0) is 6.42 Å². The van der Waals surface area contributed by atoms with Crippen molar-refractivity contribution < 1.29 is 9.84 Å². The van der Waals surface area contributed by atoms with Crippen LogP contribution in [-0.4, -0.2) is 10.1 Å². The van der Waals surface area contributed by atoms with Gasteiger partial charge in [0, 0.05) is 0 Å². The Bertz CT molecular complexity index is 588. The summed E-state index contributed by atoms with van der Waals surface area (Å²) in [6.45, 7) is 2.08. The van der Waals surface area contributed by atoms with E-state index in [9.17, 15) is 5.11 Å². The minimum Gasteiger partial charge on any atom is -0.504 e. The molecule has 0 unspecified atom stereocenters. The summed E-state index contributed by atoms with van der Waals surface area (Å²) in [6, 6.07) is 8.46. The number of halogens is 1. The maximum absolute atomic E-state index is 9.91. The lowest BCUT2D eigenvalue weighted by molar-refractivity contribution is 0.403. The molecular weight excluding hydrogens is 264 g/mol. The zero-order chi connectivity index (χ0) is 13.8. The Morgan fingerprint density at radius 3 is 2.79 bits per heavy atom. The number of ether oxygens (including phenoxy) is 1. The van der Waals surface area contributed by atoms with Gasteiger partial charge in [0.1, 0.15) is 5.15 Å². The van der Waals surface area contributed by atoms with Crippen LogP contribution in [0.5, 0.6) is 17.4 Å². The molecule has 0 spiro atoms. The van der Waals surface area contributed by atoms with Gasteiger partial charge in [-0.3, -0.25) is 0 Å². The van der Waals surface area contributed by atoms with Crippen molar-refractivity contribution in [3.8, 4) is 17.4 Å². The first-order valence-electron chi connectivity index (χ1n) is 6.02. The smallest absolute Gasteiger partial charge is 0.244 e. The Balaban J connectivity index is 2.25.